The third-order valence-corrected chi connectivity index (χ3v) is 4.64. The molecule has 22 heavy (non-hydrogen) atoms. The van der Waals surface area contributed by atoms with Crippen LogP contribution >= 0.6 is 0 Å². The molecule has 0 amide bonds. The van der Waals surface area contributed by atoms with Crippen molar-refractivity contribution in [2.45, 2.75) is 24.9 Å². The van der Waals surface area contributed by atoms with Gasteiger partial charge in [-0.1, -0.05) is 48.5 Å². The number of ether oxygens (including phenoxy) is 1. The Balaban J connectivity index is 1.77. The Kier molecular flexibility index (Phi) is 3.18. The number of rotatable bonds is 2. The summed E-state index contributed by atoms with van der Waals surface area (Å²) in [5.41, 5.74) is 1.70. The molecule has 4 heteroatoms. The van der Waals surface area contributed by atoms with E-state index in [-0.39, 0.29) is 18.1 Å². The Bertz CT molecular complexity index is 648. The normalized spacial score (nSPS) is 33.9. The van der Waals surface area contributed by atoms with Gasteiger partial charge in [-0.2, -0.15) is 0 Å². The minimum absolute atomic E-state index is 0.00273. The van der Waals surface area contributed by atoms with E-state index in [9.17, 15) is 5.11 Å². The van der Waals surface area contributed by atoms with Crippen LogP contribution in [0.15, 0.2) is 60.7 Å². The predicted octanol–water partition coefficient (Wildman–Crippen LogP) is 2.69. The van der Waals surface area contributed by atoms with Gasteiger partial charge in [-0.05, 0) is 19.1 Å². The topological polar surface area (TPSA) is 41.9 Å². The lowest BCUT2D eigenvalue weighted by atomic mass is 9.89. The van der Waals surface area contributed by atoms with Crippen molar-refractivity contribution in [1.82, 2.24) is 0 Å². The van der Waals surface area contributed by atoms with E-state index in [1.54, 1.807) is 0 Å². The first-order valence-corrected chi connectivity index (χ1v) is 7.63. The van der Waals surface area contributed by atoms with E-state index in [0.717, 1.165) is 11.3 Å². The molecule has 0 bridgehead atoms. The zero-order chi connectivity index (χ0) is 15.2. The van der Waals surface area contributed by atoms with Gasteiger partial charge < -0.3 is 9.84 Å². The smallest absolute Gasteiger partial charge is 0.216 e. The zero-order valence-corrected chi connectivity index (χ0v) is 12.4. The number of anilines is 1. The highest BCUT2D eigenvalue weighted by atomic mass is 16.7. The summed E-state index contributed by atoms with van der Waals surface area (Å²) in [5, 5.41) is 13.1. The van der Waals surface area contributed by atoms with Crippen LogP contribution < -0.4 is 5.06 Å². The summed E-state index contributed by atoms with van der Waals surface area (Å²) in [7, 11) is 0. The summed E-state index contributed by atoms with van der Waals surface area (Å²) in [4.78, 5) is 6.02. The van der Waals surface area contributed by atoms with Crippen LogP contribution in [-0.2, 0) is 15.4 Å². The third-order valence-electron chi connectivity index (χ3n) is 4.64. The molecule has 2 aliphatic heterocycles. The third kappa shape index (κ3) is 1.96. The second-order valence-corrected chi connectivity index (χ2v) is 5.95. The molecule has 1 unspecified atom stereocenters. The summed E-state index contributed by atoms with van der Waals surface area (Å²) >= 11 is 0. The predicted molar refractivity (Wildman–Crippen MR) is 83.0 cm³/mol. The lowest BCUT2D eigenvalue weighted by molar-refractivity contribution is -0.196. The Hall–Kier alpha value is -1.88. The quantitative estimate of drug-likeness (QED) is 0.925. The maximum atomic E-state index is 11.2. The van der Waals surface area contributed by atoms with Crippen molar-refractivity contribution in [3.05, 3.63) is 66.2 Å². The van der Waals surface area contributed by atoms with Crippen molar-refractivity contribution in [3.8, 4) is 0 Å². The molecule has 114 valence electrons. The molecule has 0 radical (unpaired) electrons. The lowest BCUT2D eigenvalue weighted by Gasteiger charge is -2.34. The molecule has 0 aromatic heterocycles. The van der Waals surface area contributed by atoms with Gasteiger partial charge in [-0.15, -0.1) is 0 Å². The maximum Gasteiger partial charge on any atom is 0.216 e. The highest BCUT2D eigenvalue weighted by molar-refractivity contribution is 5.47. The van der Waals surface area contributed by atoms with Crippen LogP contribution in [-0.4, -0.2) is 23.9 Å². The first-order chi connectivity index (χ1) is 10.7. The summed E-state index contributed by atoms with van der Waals surface area (Å²) in [5.74, 6) is -1.22. The first kappa shape index (κ1) is 13.8. The van der Waals surface area contributed by atoms with E-state index >= 15 is 0 Å². The van der Waals surface area contributed by atoms with Gasteiger partial charge in [-0.25, -0.2) is 5.06 Å². The van der Waals surface area contributed by atoms with Gasteiger partial charge in [0, 0.05) is 11.5 Å². The average Bonchev–Trinajstić information content (AvgIpc) is 3.09. The molecule has 2 aromatic rings. The van der Waals surface area contributed by atoms with Gasteiger partial charge >= 0.3 is 0 Å². The van der Waals surface area contributed by atoms with Crippen molar-refractivity contribution < 1.29 is 14.7 Å². The average molecular weight is 297 g/mol. The molecule has 1 N–H and O–H groups in total. The summed E-state index contributed by atoms with van der Waals surface area (Å²) in [6.45, 7) is 2.52. The van der Waals surface area contributed by atoms with Crippen LogP contribution in [0.3, 0.4) is 0 Å². The molecule has 2 heterocycles. The Morgan fingerprint density at radius 2 is 1.68 bits per heavy atom. The number of hydroxylamine groups is 1. The number of nitrogens with zero attached hydrogens (tertiary/aromatic N) is 1. The molecule has 2 aromatic carbocycles. The maximum absolute atomic E-state index is 11.2. The number of hydrogen-bond acceptors (Lipinski definition) is 4. The number of para-hydroxylation sites is 1. The van der Waals surface area contributed by atoms with Gasteiger partial charge in [0.05, 0.1) is 18.4 Å². The van der Waals surface area contributed by atoms with Crippen LogP contribution in [0.4, 0.5) is 5.69 Å². The van der Waals surface area contributed by atoms with Crippen LogP contribution in [0.2, 0.25) is 0 Å². The molecule has 4 atom stereocenters. The number of aliphatic hydroxyl groups is 1. The second kappa shape index (κ2) is 5.09. The minimum atomic E-state index is -1.35. The molecule has 4 nitrogen and oxygen atoms in total. The summed E-state index contributed by atoms with van der Waals surface area (Å²) in [6, 6.07) is 19.2. The SMILES string of the molecule is C[C@@H]1ON(c2ccccc2)[C@@H]2[C@H]1COC2(O)c1ccccc1. The van der Waals surface area contributed by atoms with Crippen molar-refractivity contribution >= 4 is 5.69 Å². The monoisotopic (exact) mass is 297 g/mol. The van der Waals surface area contributed by atoms with Crippen molar-refractivity contribution in [2.75, 3.05) is 11.7 Å². The number of hydrogen-bond donors (Lipinski definition) is 1. The fourth-order valence-corrected chi connectivity index (χ4v) is 3.47. The molecule has 2 saturated heterocycles. The molecule has 2 aliphatic rings. The van der Waals surface area contributed by atoms with E-state index in [1.807, 2.05) is 72.7 Å². The van der Waals surface area contributed by atoms with Gasteiger partial charge in [0.1, 0.15) is 6.04 Å². The fourth-order valence-electron chi connectivity index (χ4n) is 3.47. The molecule has 4 rings (SSSR count). The zero-order valence-electron chi connectivity index (χ0n) is 12.4. The van der Waals surface area contributed by atoms with Gasteiger partial charge in [0.25, 0.3) is 0 Å². The summed E-state index contributed by atoms with van der Waals surface area (Å²) in [6.07, 6.45) is 0.00273. The van der Waals surface area contributed by atoms with Crippen molar-refractivity contribution in [2.24, 2.45) is 5.92 Å². The summed E-state index contributed by atoms with van der Waals surface area (Å²) < 4.78 is 5.85. The van der Waals surface area contributed by atoms with Gasteiger partial charge in [0.15, 0.2) is 0 Å². The van der Waals surface area contributed by atoms with Crippen molar-refractivity contribution in [3.63, 3.8) is 0 Å². The van der Waals surface area contributed by atoms with Crippen LogP contribution in [0.25, 0.3) is 0 Å². The molecule has 2 fully saturated rings. The Labute approximate surface area is 129 Å². The molecular weight excluding hydrogens is 278 g/mol. The minimum Gasteiger partial charge on any atom is -0.360 e. The van der Waals surface area contributed by atoms with E-state index < -0.39 is 5.79 Å². The van der Waals surface area contributed by atoms with E-state index in [1.165, 1.54) is 0 Å². The Morgan fingerprint density at radius 3 is 2.36 bits per heavy atom. The Morgan fingerprint density at radius 1 is 1.05 bits per heavy atom. The van der Waals surface area contributed by atoms with Crippen molar-refractivity contribution in [1.29, 1.82) is 0 Å². The molecule has 0 saturated carbocycles. The first-order valence-electron chi connectivity index (χ1n) is 7.63. The molecule has 0 spiro atoms. The van der Waals surface area contributed by atoms with E-state index in [0.29, 0.717) is 6.61 Å². The van der Waals surface area contributed by atoms with Crippen LogP contribution in [0.5, 0.6) is 0 Å². The molecule has 0 aliphatic carbocycles. The highest BCUT2D eigenvalue weighted by Crippen LogP contribution is 2.47. The van der Waals surface area contributed by atoms with Crippen LogP contribution in [0, 0.1) is 5.92 Å². The van der Waals surface area contributed by atoms with E-state index in [4.69, 9.17) is 9.57 Å². The van der Waals surface area contributed by atoms with E-state index in [2.05, 4.69) is 0 Å². The van der Waals surface area contributed by atoms with Gasteiger partial charge in [0.2, 0.25) is 5.79 Å². The largest absolute Gasteiger partial charge is 0.360 e. The fraction of sp³-hybridized carbons (Fsp3) is 0.333. The lowest BCUT2D eigenvalue weighted by Crippen LogP contribution is -2.46. The standard InChI is InChI=1S/C18H19NO3/c1-13-16-12-21-18(20,14-8-4-2-5-9-14)17(16)19(22-13)15-10-6-3-7-11-15/h2-11,13,16-17,20H,12H2,1H3/t13-,16-,17+,18?/m0/s1. The highest BCUT2D eigenvalue weighted by Gasteiger charge is 2.59. The van der Waals surface area contributed by atoms with Crippen LogP contribution in [0.1, 0.15) is 12.5 Å². The van der Waals surface area contributed by atoms with Gasteiger partial charge in [-0.3, -0.25) is 4.84 Å². The number of fused-ring (bicyclic) bond motifs is 1. The number of benzene rings is 2. The second-order valence-electron chi connectivity index (χ2n) is 5.95. The molecular formula is C18H19NO3.